The van der Waals surface area contributed by atoms with Crippen molar-refractivity contribution in [3.05, 3.63) is 30.2 Å². The van der Waals surface area contributed by atoms with Crippen LogP contribution in [0.5, 0.6) is 0 Å². The Kier molecular flexibility index (Phi) is 2.21. The summed E-state index contributed by atoms with van der Waals surface area (Å²) in [6.45, 7) is 0. The summed E-state index contributed by atoms with van der Waals surface area (Å²) in [6.07, 6.45) is -0.315. The summed E-state index contributed by atoms with van der Waals surface area (Å²) in [5, 5.41) is 8.40. The highest BCUT2D eigenvalue weighted by molar-refractivity contribution is 6.33. The molecule has 0 spiro atoms. The number of para-hydroxylation sites is 2. The van der Waals surface area contributed by atoms with Crippen LogP contribution in [0.15, 0.2) is 28.7 Å². The summed E-state index contributed by atoms with van der Waals surface area (Å²) in [7, 11) is 0. The molecule has 5 heteroatoms. The van der Waals surface area contributed by atoms with Crippen LogP contribution in [0.25, 0.3) is 11.1 Å². The number of aromatic nitrogens is 1. The lowest BCUT2D eigenvalue weighted by Crippen LogP contribution is -2.15. The zero-order valence-electron chi connectivity index (χ0n) is 7.64. The predicted octanol–water partition coefficient (Wildman–Crippen LogP) is 1.02. The van der Waals surface area contributed by atoms with E-state index >= 15 is 0 Å². The van der Waals surface area contributed by atoms with E-state index in [0.717, 1.165) is 0 Å². The fourth-order valence-electron chi connectivity index (χ4n) is 1.21. The molecule has 0 amide bonds. The van der Waals surface area contributed by atoms with Crippen molar-refractivity contribution in [1.82, 2.24) is 4.98 Å². The molecule has 0 unspecified atom stereocenters. The van der Waals surface area contributed by atoms with Gasteiger partial charge in [-0.15, -0.1) is 0 Å². The fraction of sp³-hybridized carbons (Fsp3) is 0.100. The molecule has 15 heavy (non-hydrogen) atoms. The number of hydrogen-bond donors (Lipinski definition) is 1. The van der Waals surface area contributed by atoms with E-state index in [9.17, 15) is 9.59 Å². The second-order valence-corrected chi connectivity index (χ2v) is 2.98. The van der Waals surface area contributed by atoms with E-state index in [4.69, 9.17) is 9.52 Å². The molecule has 2 aromatic rings. The van der Waals surface area contributed by atoms with Gasteiger partial charge in [0.25, 0.3) is 0 Å². The van der Waals surface area contributed by atoms with Gasteiger partial charge in [0.1, 0.15) is 5.52 Å². The molecule has 0 aliphatic rings. The number of Topliss-reactive ketones (excluding diaryl/α,β-unsaturated/α-hetero) is 1. The molecular weight excluding hydrogens is 198 g/mol. The number of carbonyl (C=O) groups is 2. The minimum Gasteiger partial charge on any atom is -0.475 e. The normalized spacial score (nSPS) is 10.4. The number of nitrogens with zero attached hydrogens (tertiary/aromatic N) is 1. The number of aliphatic carboxylic acids is 1. The average Bonchev–Trinajstić information content (AvgIpc) is 2.59. The number of ketones is 1. The van der Waals surface area contributed by atoms with Crippen LogP contribution >= 0.6 is 0 Å². The molecule has 1 heterocycles. The monoisotopic (exact) mass is 205 g/mol. The number of hydrogen-bond acceptors (Lipinski definition) is 4. The second-order valence-electron chi connectivity index (χ2n) is 2.98. The average molecular weight is 205 g/mol. The number of carboxylic acid groups (broad SMARTS) is 1. The van der Waals surface area contributed by atoms with Crippen LogP contribution in [0.3, 0.4) is 0 Å². The van der Waals surface area contributed by atoms with Crippen LogP contribution in [0.2, 0.25) is 0 Å². The molecule has 1 aromatic carbocycles. The van der Waals surface area contributed by atoms with Crippen LogP contribution in [-0.2, 0) is 16.0 Å². The van der Waals surface area contributed by atoms with Gasteiger partial charge < -0.3 is 9.52 Å². The quantitative estimate of drug-likeness (QED) is 0.756. The lowest BCUT2D eigenvalue weighted by molar-refractivity contribution is -0.148. The first-order valence-corrected chi connectivity index (χ1v) is 4.27. The van der Waals surface area contributed by atoms with Crippen molar-refractivity contribution in [2.24, 2.45) is 0 Å². The zero-order chi connectivity index (χ0) is 10.8. The molecule has 0 saturated heterocycles. The molecule has 76 valence electrons. The maximum absolute atomic E-state index is 10.9. The van der Waals surface area contributed by atoms with E-state index in [1.54, 1.807) is 24.3 Å². The number of carboxylic acids is 1. The van der Waals surface area contributed by atoms with E-state index in [2.05, 4.69) is 4.98 Å². The van der Waals surface area contributed by atoms with Crippen molar-refractivity contribution in [2.75, 3.05) is 0 Å². The van der Waals surface area contributed by atoms with Gasteiger partial charge in [0.2, 0.25) is 11.7 Å². The van der Waals surface area contributed by atoms with E-state index in [0.29, 0.717) is 11.1 Å². The summed E-state index contributed by atoms with van der Waals surface area (Å²) < 4.78 is 5.19. The van der Waals surface area contributed by atoms with Gasteiger partial charge in [0, 0.05) is 0 Å². The Balaban J connectivity index is 2.30. The van der Waals surface area contributed by atoms with Crippen LogP contribution < -0.4 is 0 Å². The summed E-state index contributed by atoms with van der Waals surface area (Å²) in [5.41, 5.74) is 1.16. The van der Waals surface area contributed by atoms with Crippen molar-refractivity contribution >= 4 is 22.9 Å². The van der Waals surface area contributed by atoms with Crippen LogP contribution in [0, 0.1) is 0 Å². The van der Waals surface area contributed by atoms with E-state index < -0.39 is 11.8 Å². The molecular formula is C10H7NO4. The summed E-state index contributed by atoms with van der Waals surface area (Å²) in [5.74, 6) is -2.28. The third-order valence-corrected chi connectivity index (χ3v) is 1.89. The first-order valence-electron chi connectivity index (χ1n) is 4.27. The van der Waals surface area contributed by atoms with Gasteiger partial charge in [0.15, 0.2) is 5.58 Å². The molecule has 0 aliphatic heterocycles. The number of oxazole rings is 1. The van der Waals surface area contributed by atoms with Crippen LogP contribution in [0.1, 0.15) is 5.89 Å². The summed E-state index contributed by atoms with van der Waals surface area (Å²) >= 11 is 0. The summed E-state index contributed by atoms with van der Waals surface area (Å²) in [6, 6.07) is 6.99. The molecule has 0 fully saturated rings. The number of rotatable bonds is 3. The first kappa shape index (κ1) is 9.39. The van der Waals surface area contributed by atoms with E-state index in [1.165, 1.54) is 0 Å². The van der Waals surface area contributed by atoms with Crippen molar-refractivity contribution in [2.45, 2.75) is 6.42 Å². The van der Waals surface area contributed by atoms with E-state index in [-0.39, 0.29) is 12.3 Å². The van der Waals surface area contributed by atoms with Crippen molar-refractivity contribution in [3.63, 3.8) is 0 Å². The third-order valence-electron chi connectivity index (χ3n) is 1.89. The molecule has 2 rings (SSSR count). The SMILES string of the molecule is O=C(O)C(=O)Cc1nc2ccccc2o1. The number of fused-ring (bicyclic) bond motifs is 1. The Bertz CT molecular complexity index is 496. The van der Waals surface area contributed by atoms with Gasteiger partial charge >= 0.3 is 5.97 Å². The van der Waals surface area contributed by atoms with Gasteiger partial charge in [-0.25, -0.2) is 9.78 Å². The smallest absolute Gasteiger partial charge is 0.372 e. The minimum atomic E-state index is -1.47. The zero-order valence-corrected chi connectivity index (χ0v) is 7.64. The highest BCUT2D eigenvalue weighted by Crippen LogP contribution is 2.14. The molecule has 0 atom stereocenters. The third kappa shape index (κ3) is 1.85. The Labute approximate surface area is 84.3 Å². The first-order chi connectivity index (χ1) is 7.16. The molecule has 0 radical (unpaired) electrons. The Hall–Kier alpha value is -2.17. The van der Waals surface area contributed by atoms with Gasteiger partial charge in [0.05, 0.1) is 6.42 Å². The highest BCUT2D eigenvalue weighted by atomic mass is 16.4. The van der Waals surface area contributed by atoms with Crippen molar-refractivity contribution < 1.29 is 19.1 Å². The number of carbonyl (C=O) groups excluding carboxylic acids is 1. The van der Waals surface area contributed by atoms with Crippen molar-refractivity contribution in [3.8, 4) is 0 Å². The maximum atomic E-state index is 10.9. The van der Waals surface area contributed by atoms with Crippen molar-refractivity contribution in [1.29, 1.82) is 0 Å². The predicted molar refractivity (Wildman–Crippen MR) is 50.4 cm³/mol. The number of benzene rings is 1. The Morgan fingerprint density at radius 2 is 2.07 bits per heavy atom. The van der Waals surface area contributed by atoms with Crippen LogP contribution in [-0.4, -0.2) is 21.8 Å². The Morgan fingerprint density at radius 3 is 2.73 bits per heavy atom. The van der Waals surface area contributed by atoms with Gasteiger partial charge in [-0.1, -0.05) is 12.1 Å². The van der Waals surface area contributed by atoms with Gasteiger partial charge in [-0.3, -0.25) is 4.79 Å². The standard InChI is InChI=1S/C10H7NO4/c12-7(10(13)14)5-9-11-6-3-1-2-4-8(6)15-9/h1-4H,5H2,(H,13,14). The van der Waals surface area contributed by atoms with E-state index in [1.807, 2.05) is 0 Å². The summed E-state index contributed by atoms with van der Waals surface area (Å²) in [4.78, 5) is 25.2. The molecule has 1 N–H and O–H groups in total. The largest absolute Gasteiger partial charge is 0.475 e. The highest BCUT2D eigenvalue weighted by Gasteiger charge is 2.16. The molecule has 0 saturated carbocycles. The molecule has 0 bridgehead atoms. The lowest BCUT2D eigenvalue weighted by Gasteiger charge is -1.88. The molecule has 1 aromatic heterocycles. The van der Waals surface area contributed by atoms with Gasteiger partial charge in [-0.05, 0) is 12.1 Å². The lowest BCUT2D eigenvalue weighted by atomic mass is 10.3. The molecule has 0 aliphatic carbocycles. The second kappa shape index (κ2) is 3.53. The Morgan fingerprint density at radius 1 is 1.33 bits per heavy atom. The van der Waals surface area contributed by atoms with Crippen LogP contribution in [0.4, 0.5) is 0 Å². The fourth-order valence-corrected chi connectivity index (χ4v) is 1.21. The topological polar surface area (TPSA) is 80.4 Å². The minimum absolute atomic E-state index is 0.128. The van der Waals surface area contributed by atoms with Gasteiger partial charge in [-0.2, -0.15) is 0 Å². The maximum Gasteiger partial charge on any atom is 0.372 e. The molecule has 5 nitrogen and oxygen atoms in total.